The molecule has 1 saturated carbocycles. The molecule has 0 aliphatic heterocycles. The molecule has 0 unspecified atom stereocenters. The van der Waals surface area contributed by atoms with Crippen molar-refractivity contribution in [1.82, 2.24) is 29.7 Å². The van der Waals surface area contributed by atoms with E-state index in [0.717, 1.165) is 5.56 Å². The Labute approximate surface area is 148 Å². The van der Waals surface area contributed by atoms with Crippen LogP contribution in [-0.2, 0) is 11.8 Å². The zero-order chi connectivity index (χ0) is 18.3. The minimum atomic E-state index is -0.434. The first-order valence-corrected chi connectivity index (χ1v) is 8.22. The molecule has 0 atom stereocenters. The van der Waals surface area contributed by atoms with Gasteiger partial charge in [0.1, 0.15) is 23.5 Å². The van der Waals surface area contributed by atoms with E-state index in [-0.39, 0.29) is 12.2 Å². The first-order valence-electron chi connectivity index (χ1n) is 8.22. The largest absolute Gasteiger partial charge is 0.473 e. The van der Waals surface area contributed by atoms with E-state index in [1.807, 2.05) is 13.2 Å². The lowest BCUT2D eigenvalue weighted by Crippen LogP contribution is -2.42. The SMILES string of the molecule is CNC(=O)OC1CC(Oc2nc(-c3cnn(C)c3)cn3nc(N)cc23)C1. The molecule has 1 amide bonds. The quantitative estimate of drug-likeness (QED) is 0.713. The van der Waals surface area contributed by atoms with Crippen molar-refractivity contribution in [3.8, 4) is 17.1 Å². The van der Waals surface area contributed by atoms with Crippen LogP contribution in [0.15, 0.2) is 24.7 Å². The van der Waals surface area contributed by atoms with E-state index in [2.05, 4.69) is 20.5 Å². The van der Waals surface area contributed by atoms with Gasteiger partial charge in [0.15, 0.2) is 0 Å². The number of fused-ring (bicyclic) bond motifs is 1. The van der Waals surface area contributed by atoms with Gasteiger partial charge in [0.2, 0.25) is 5.88 Å². The van der Waals surface area contributed by atoms with Crippen molar-refractivity contribution in [2.24, 2.45) is 7.05 Å². The first kappa shape index (κ1) is 16.2. The van der Waals surface area contributed by atoms with E-state index in [1.165, 1.54) is 7.05 Å². The summed E-state index contributed by atoms with van der Waals surface area (Å²) in [4.78, 5) is 15.9. The third kappa shape index (κ3) is 3.01. The Morgan fingerprint density at radius 1 is 1.35 bits per heavy atom. The summed E-state index contributed by atoms with van der Waals surface area (Å²) in [5, 5.41) is 10.9. The molecule has 0 saturated heterocycles. The van der Waals surface area contributed by atoms with Gasteiger partial charge in [-0.15, -0.1) is 0 Å². The van der Waals surface area contributed by atoms with Gasteiger partial charge in [0.25, 0.3) is 0 Å². The molecule has 3 heterocycles. The summed E-state index contributed by atoms with van der Waals surface area (Å²) in [6.45, 7) is 0. The molecule has 0 aromatic carbocycles. The molecule has 3 aromatic heterocycles. The second-order valence-electron chi connectivity index (χ2n) is 6.22. The number of alkyl carbamates (subject to hydrolysis) is 1. The summed E-state index contributed by atoms with van der Waals surface area (Å²) >= 11 is 0. The number of nitrogens with zero attached hydrogens (tertiary/aromatic N) is 5. The molecule has 10 heteroatoms. The van der Waals surface area contributed by atoms with Gasteiger partial charge < -0.3 is 20.5 Å². The number of amides is 1. The third-order valence-corrected chi connectivity index (χ3v) is 4.25. The first-order chi connectivity index (χ1) is 12.5. The van der Waals surface area contributed by atoms with Crippen LogP contribution in [-0.4, -0.2) is 49.7 Å². The Morgan fingerprint density at radius 2 is 2.15 bits per heavy atom. The number of hydrogen-bond acceptors (Lipinski definition) is 7. The molecular weight excluding hydrogens is 338 g/mol. The summed E-state index contributed by atoms with van der Waals surface area (Å²) in [7, 11) is 3.37. The monoisotopic (exact) mass is 357 g/mol. The second-order valence-corrected chi connectivity index (χ2v) is 6.22. The Bertz CT molecular complexity index is 958. The van der Waals surface area contributed by atoms with Crippen LogP contribution >= 0.6 is 0 Å². The van der Waals surface area contributed by atoms with Gasteiger partial charge in [-0.05, 0) is 0 Å². The maximum Gasteiger partial charge on any atom is 0.407 e. The fraction of sp³-hybridized carbons (Fsp3) is 0.375. The maximum absolute atomic E-state index is 11.2. The number of anilines is 1. The van der Waals surface area contributed by atoms with Gasteiger partial charge >= 0.3 is 6.09 Å². The number of nitrogens with one attached hydrogen (secondary N) is 1. The van der Waals surface area contributed by atoms with E-state index in [4.69, 9.17) is 15.2 Å². The lowest BCUT2D eigenvalue weighted by Gasteiger charge is -2.34. The standard InChI is InChI=1S/C16H19N7O3/c1-18-16(24)26-11-3-10(4-11)25-15-13-5-14(17)21-23(13)8-12(20-15)9-6-19-22(2)7-9/h5-8,10-11H,3-4H2,1-2H3,(H2,17,21)(H,18,24). The molecule has 1 aliphatic carbocycles. The molecule has 1 aliphatic rings. The van der Waals surface area contributed by atoms with Crippen molar-refractivity contribution in [3.05, 3.63) is 24.7 Å². The Hall–Kier alpha value is -3.30. The number of nitrogen functional groups attached to an aromatic ring is 1. The van der Waals surface area contributed by atoms with Crippen molar-refractivity contribution < 1.29 is 14.3 Å². The number of nitrogens with two attached hydrogens (primary N) is 1. The van der Waals surface area contributed by atoms with E-state index in [0.29, 0.717) is 35.8 Å². The van der Waals surface area contributed by atoms with Gasteiger partial charge in [-0.2, -0.15) is 10.2 Å². The van der Waals surface area contributed by atoms with E-state index in [1.54, 1.807) is 27.7 Å². The summed E-state index contributed by atoms with van der Waals surface area (Å²) in [5.41, 5.74) is 8.04. The highest BCUT2D eigenvalue weighted by Crippen LogP contribution is 2.31. The van der Waals surface area contributed by atoms with Crippen molar-refractivity contribution in [3.63, 3.8) is 0 Å². The lowest BCUT2D eigenvalue weighted by atomic mass is 9.92. The average Bonchev–Trinajstić information content (AvgIpc) is 3.17. The highest BCUT2D eigenvalue weighted by atomic mass is 16.6. The Kier molecular flexibility index (Phi) is 3.86. The zero-order valence-corrected chi connectivity index (χ0v) is 14.4. The maximum atomic E-state index is 11.2. The molecule has 0 spiro atoms. The van der Waals surface area contributed by atoms with Gasteiger partial charge in [0.05, 0.1) is 18.1 Å². The van der Waals surface area contributed by atoms with Crippen LogP contribution in [0.2, 0.25) is 0 Å². The van der Waals surface area contributed by atoms with Crippen LogP contribution in [0, 0.1) is 0 Å². The highest BCUT2D eigenvalue weighted by Gasteiger charge is 2.34. The molecule has 0 bridgehead atoms. The summed E-state index contributed by atoms with van der Waals surface area (Å²) in [6, 6.07) is 1.71. The van der Waals surface area contributed by atoms with Crippen molar-refractivity contribution in [2.75, 3.05) is 12.8 Å². The van der Waals surface area contributed by atoms with Crippen molar-refractivity contribution >= 4 is 17.4 Å². The predicted octanol–water partition coefficient (Wildman–Crippen LogP) is 0.978. The van der Waals surface area contributed by atoms with Crippen LogP contribution in [0.1, 0.15) is 12.8 Å². The Balaban J connectivity index is 1.57. The second kappa shape index (κ2) is 6.21. The van der Waals surface area contributed by atoms with Gasteiger partial charge in [-0.1, -0.05) is 0 Å². The van der Waals surface area contributed by atoms with Crippen LogP contribution in [0.25, 0.3) is 16.8 Å². The van der Waals surface area contributed by atoms with E-state index < -0.39 is 6.09 Å². The molecule has 4 rings (SSSR count). The fourth-order valence-corrected chi connectivity index (χ4v) is 2.84. The molecule has 3 N–H and O–H groups in total. The molecule has 10 nitrogen and oxygen atoms in total. The Morgan fingerprint density at radius 3 is 2.85 bits per heavy atom. The number of rotatable bonds is 4. The van der Waals surface area contributed by atoms with Gasteiger partial charge in [0, 0.05) is 44.8 Å². The number of hydrogen-bond donors (Lipinski definition) is 2. The summed E-state index contributed by atoms with van der Waals surface area (Å²) < 4.78 is 14.6. The minimum Gasteiger partial charge on any atom is -0.473 e. The third-order valence-electron chi connectivity index (χ3n) is 4.25. The molecule has 3 aromatic rings. The van der Waals surface area contributed by atoms with Crippen molar-refractivity contribution in [1.29, 1.82) is 0 Å². The molecule has 26 heavy (non-hydrogen) atoms. The number of carbonyl (C=O) groups excluding carboxylic acids is 1. The fourth-order valence-electron chi connectivity index (χ4n) is 2.84. The zero-order valence-electron chi connectivity index (χ0n) is 14.4. The predicted molar refractivity (Wildman–Crippen MR) is 92.6 cm³/mol. The molecular formula is C16H19N7O3. The molecule has 0 radical (unpaired) electrons. The van der Waals surface area contributed by atoms with E-state index >= 15 is 0 Å². The smallest absolute Gasteiger partial charge is 0.407 e. The van der Waals surface area contributed by atoms with Crippen molar-refractivity contribution in [2.45, 2.75) is 25.0 Å². The van der Waals surface area contributed by atoms with Crippen LogP contribution < -0.4 is 15.8 Å². The topological polar surface area (TPSA) is 122 Å². The average molecular weight is 357 g/mol. The molecule has 136 valence electrons. The van der Waals surface area contributed by atoms with Gasteiger partial charge in [-0.3, -0.25) is 4.68 Å². The van der Waals surface area contributed by atoms with Gasteiger partial charge in [-0.25, -0.2) is 14.3 Å². The molecule has 1 fully saturated rings. The number of aryl methyl sites for hydroxylation is 1. The minimum absolute atomic E-state index is 0.0822. The number of aromatic nitrogens is 5. The van der Waals surface area contributed by atoms with E-state index in [9.17, 15) is 4.79 Å². The highest BCUT2D eigenvalue weighted by molar-refractivity contribution is 5.67. The normalized spacial score (nSPS) is 19.2. The van der Waals surface area contributed by atoms with Crippen LogP contribution in [0.5, 0.6) is 5.88 Å². The lowest BCUT2D eigenvalue weighted by molar-refractivity contribution is -0.0233. The summed E-state index contributed by atoms with van der Waals surface area (Å²) in [5.74, 6) is 0.827. The number of ether oxygens (including phenoxy) is 2. The summed E-state index contributed by atoms with van der Waals surface area (Å²) in [6.07, 6.45) is 5.94. The van der Waals surface area contributed by atoms with Crippen LogP contribution in [0.4, 0.5) is 10.6 Å². The van der Waals surface area contributed by atoms with Crippen LogP contribution in [0.3, 0.4) is 0 Å². The number of carbonyl (C=O) groups is 1.